The molecule has 0 bridgehead atoms. The van der Waals surface area contributed by atoms with Crippen LogP contribution in [0.2, 0.25) is 0 Å². The molecular weight excluding hydrogens is 976 g/mol. The second kappa shape index (κ2) is 57.3. The minimum Gasteiger partial charge on any atom is -0.462 e. The molecule has 11 nitrogen and oxygen atoms in total. The molecule has 0 heterocycles. The Morgan fingerprint density at radius 2 is 0.697 bits per heavy atom. The normalized spacial score (nSPS) is 14.1. The first-order chi connectivity index (χ1) is 37.2. The summed E-state index contributed by atoms with van der Waals surface area (Å²) >= 11 is 0. The number of hydrogen-bond donors (Lipinski definition) is 2. The quantitative estimate of drug-likeness (QED) is 0.0197. The lowest BCUT2D eigenvalue weighted by molar-refractivity contribution is -0.161. The van der Waals surface area contributed by atoms with Crippen LogP contribution in [0.25, 0.3) is 0 Å². The fraction of sp³-hybridized carbons (Fsp3) is 0.672. The zero-order valence-corrected chi connectivity index (χ0v) is 48.8. The number of aliphatic hydroxyl groups is 1. The number of carbonyl (C=O) groups excluding carboxylic acids is 3. The molecule has 0 rings (SSSR count). The molecule has 0 aliphatic rings. The summed E-state index contributed by atoms with van der Waals surface area (Å²) in [6.45, 7) is 4.33. The molecule has 0 aromatic rings. The molecule has 3 atom stereocenters. The first kappa shape index (κ1) is 72.1. The zero-order valence-electron chi connectivity index (χ0n) is 47.9. The van der Waals surface area contributed by atoms with E-state index in [2.05, 4.69) is 124 Å². The number of esters is 3. The highest BCUT2D eigenvalue weighted by atomic mass is 31.2. The summed E-state index contributed by atoms with van der Waals surface area (Å²) in [5.74, 6) is -1.56. The largest absolute Gasteiger partial charge is 0.472 e. The van der Waals surface area contributed by atoms with E-state index >= 15 is 0 Å². The van der Waals surface area contributed by atoms with Crippen molar-refractivity contribution in [2.45, 2.75) is 251 Å². The van der Waals surface area contributed by atoms with E-state index in [-0.39, 0.29) is 25.9 Å². The molecular formula is C64H107O11P. The van der Waals surface area contributed by atoms with Crippen LogP contribution in [-0.2, 0) is 42.2 Å². The van der Waals surface area contributed by atoms with Crippen molar-refractivity contribution in [1.82, 2.24) is 0 Å². The van der Waals surface area contributed by atoms with Gasteiger partial charge in [0, 0.05) is 19.3 Å². The van der Waals surface area contributed by atoms with Crippen LogP contribution in [0, 0.1) is 0 Å². The Balaban J connectivity index is 4.83. The van der Waals surface area contributed by atoms with E-state index in [9.17, 15) is 28.9 Å². The molecule has 0 fully saturated rings. The average molecular weight is 1080 g/mol. The predicted molar refractivity (Wildman–Crippen MR) is 316 cm³/mol. The van der Waals surface area contributed by atoms with Gasteiger partial charge < -0.3 is 24.2 Å². The third-order valence-corrected chi connectivity index (χ3v) is 13.1. The molecule has 0 saturated carbocycles. The highest BCUT2D eigenvalue weighted by Gasteiger charge is 2.28. The molecule has 3 unspecified atom stereocenters. The number of allylic oxidation sites excluding steroid dienone is 18. The molecule has 0 spiro atoms. The standard InChI is InChI=1S/C64H107O11P/c1-4-7-10-13-16-19-22-25-28-30-33-35-38-41-44-47-50-53-62(66)71-57-61(75-64(68)55-52-49-46-43-40-37-34-31-29-26-23-20-17-14-11-8-5-2)59-73-76(69,70)72-58-60(56-65)74-63(67)54-51-48-45-42-39-36-32-27-24-21-18-15-12-9-6-3/h7,9-10,12,16,18-19,21,25-29,32-33,35,41,44,60-61,65H,4-6,8,11,13-15,17,20,22-24,30-31,34,36-40,42-43,45-59H2,1-3H3,(H,69,70)/b10-7-,12-9-,19-16-,21-18-,28-25-,29-26-,32-27-,35-33-,44-41-. The first-order valence-electron chi connectivity index (χ1n) is 29.8. The van der Waals surface area contributed by atoms with Gasteiger partial charge >= 0.3 is 25.7 Å². The maximum Gasteiger partial charge on any atom is 0.472 e. The molecule has 434 valence electrons. The van der Waals surface area contributed by atoms with E-state index in [1.54, 1.807) is 0 Å². The minimum absolute atomic E-state index is 0.142. The van der Waals surface area contributed by atoms with Gasteiger partial charge in [-0.3, -0.25) is 23.4 Å². The first-order valence-corrected chi connectivity index (χ1v) is 31.3. The Labute approximate surface area is 463 Å². The number of aliphatic hydroxyl groups excluding tert-OH is 1. The van der Waals surface area contributed by atoms with Crippen LogP contribution in [0.1, 0.15) is 239 Å². The van der Waals surface area contributed by atoms with E-state index in [4.69, 9.17) is 23.3 Å². The smallest absolute Gasteiger partial charge is 0.462 e. The number of ether oxygens (including phenoxy) is 3. The Morgan fingerprint density at radius 1 is 0.382 bits per heavy atom. The van der Waals surface area contributed by atoms with Crippen LogP contribution >= 0.6 is 7.82 Å². The predicted octanol–water partition coefficient (Wildman–Crippen LogP) is 17.8. The second-order valence-corrected chi connectivity index (χ2v) is 20.8. The van der Waals surface area contributed by atoms with Crippen LogP contribution in [0.5, 0.6) is 0 Å². The highest BCUT2D eigenvalue weighted by Crippen LogP contribution is 2.43. The number of hydrogen-bond acceptors (Lipinski definition) is 10. The Kier molecular flexibility index (Phi) is 54.4. The lowest BCUT2D eigenvalue weighted by atomic mass is 10.1. The van der Waals surface area contributed by atoms with Crippen LogP contribution in [0.3, 0.4) is 0 Å². The van der Waals surface area contributed by atoms with Crippen molar-refractivity contribution in [1.29, 1.82) is 0 Å². The summed E-state index contributed by atoms with van der Waals surface area (Å²) in [5, 5.41) is 9.82. The molecule has 0 amide bonds. The number of carbonyl (C=O) groups is 3. The maximum atomic E-state index is 12.9. The van der Waals surface area contributed by atoms with Crippen molar-refractivity contribution in [3.8, 4) is 0 Å². The van der Waals surface area contributed by atoms with Crippen LogP contribution in [0.15, 0.2) is 109 Å². The Bertz CT molecular complexity index is 1690. The van der Waals surface area contributed by atoms with Crippen LogP contribution in [-0.4, -0.2) is 66.5 Å². The highest BCUT2D eigenvalue weighted by molar-refractivity contribution is 7.47. The Morgan fingerprint density at radius 3 is 1.11 bits per heavy atom. The maximum absolute atomic E-state index is 12.9. The topological polar surface area (TPSA) is 155 Å². The number of rotatable bonds is 54. The summed E-state index contributed by atoms with van der Waals surface area (Å²) in [4.78, 5) is 48.6. The SMILES string of the molecule is CC/C=C\C/C=C\C/C=C\C/C=C\C/C=C\CCCC(=O)OCC(COP(=O)(O)OCC(CO)OC(=O)CCCCCCC/C=C\C/C=C\C/C=C\CC)OC(=O)CCCCCCCCC/C=C\CCCCCCCC. The molecule has 0 saturated heterocycles. The number of phosphoric ester groups is 1. The monoisotopic (exact) mass is 1080 g/mol. The summed E-state index contributed by atoms with van der Waals surface area (Å²) in [6.07, 6.45) is 69.1. The second-order valence-electron chi connectivity index (χ2n) is 19.4. The summed E-state index contributed by atoms with van der Waals surface area (Å²) in [6, 6.07) is 0. The lowest BCUT2D eigenvalue weighted by Gasteiger charge is -2.21. The molecule has 2 N–H and O–H groups in total. The van der Waals surface area contributed by atoms with Gasteiger partial charge in [-0.05, 0) is 116 Å². The molecule has 0 radical (unpaired) electrons. The fourth-order valence-electron chi connectivity index (χ4n) is 7.69. The molecule has 0 aliphatic heterocycles. The van der Waals surface area contributed by atoms with Crippen molar-refractivity contribution in [2.75, 3.05) is 26.4 Å². The Hall–Kier alpha value is -3.86. The van der Waals surface area contributed by atoms with Crippen molar-refractivity contribution in [3.63, 3.8) is 0 Å². The van der Waals surface area contributed by atoms with Crippen molar-refractivity contribution in [3.05, 3.63) is 109 Å². The van der Waals surface area contributed by atoms with Gasteiger partial charge in [-0.2, -0.15) is 0 Å². The van der Waals surface area contributed by atoms with Gasteiger partial charge in [0.05, 0.1) is 19.8 Å². The minimum atomic E-state index is -4.77. The average Bonchev–Trinajstić information content (AvgIpc) is 3.41. The third-order valence-electron chi connectivity index (χ3n) is 12.2. The summed E-state index contributed by atoms with van der Waals surface area (Å²) in [5.41, 5.74) is 0. The van der Waals surface area contributed by atoms with E-state index in [0.29, 0.717) is 25.7 Å². The van der Waals surface area contributed by atoms with E-state index in [1.165, 1.54) is 57.8 Å². The van der Waals surface area contributed by atoms with Crippen molar-refractivity contribution in [2.24, 2.45) is 0 Å². The molecule has 0 aliphatic carbocycles. The summed E-state index contributed by atoms with van der Waals surface area (Å²) < 4.78 is 39.5. The van der Waals surface area contributed by atoms with Gasteiger partial charge in [0.25, 0.3) is 0 Å². The van der Waals surface area contributed by atoms with Crippen LogP contribution in [0.4, 0.5) is 0 Å². The van der Waals surface area contributed by atoms with Crippen molar-refractivity contribution < 1.29 is 52.2 Å². The molecule has 0 aromatic carbocycles. The fourth-order valence-corrected chi connectivity index (χ4v) is 8.48. The molecule has 12 heteroatoms. The molecule has 76 heavy (non-hydrogen) atoms. The van der Waals surface area contributed by atoms with Crippen molar-refractivity contribution >= 4 is 25.7 Å². The van der Waals surface area contributed by atoms with Gasteiger partial charge in [0.15, 0.2) is 6.10 Å². The third kappa shape index (κ3) is 54.9. The van der Waals surface area contributed by atoms with E-state index in [0.717, 1.165) is 116 Å². The van der Waals surface area contributed by atoms with Gasteiger partial charge in [-0.15, -0.1) is 0 Å². The van der Waals surface area contributed by atoms with Crippen LogP contribution < -0.4 is 0 Å². The summed E-state index contributed by atoms with van der Waals surface area (Å²) in [7, 11) is -4.77. The van der Waals surface area contributed by atoms with E-state index in [1.807, 2.05) is 6.08 Å². The zero-order chi connectivity index (χ0) is 55.5. The number of unbranched alkanes of at least 4 members (excludes halogenated alkanes) is 19. The molecule has 0 aromatic heterocycles. The van der Waals surface area contributed by atoms with Gasteiger partial charge in [-0.1, -0.05) is 214 Å². The number of phosphoric acid groups is 1. The van der Waals surface area contributed by atoms with Gasteiger partial charge in [-0.25, -0.2) is 4.57 Å². The van der Waals surface area contributed by atoms with E-state index < -0.39 is 57.8 Å². The lowest BCUT2D eigenvalue weighted by Crippen LogP contribution is -2.30. The van der Waals surface area contributed by atoms with Gasteiger partial charge in [0.2, 0.25) is 0 Å². The van der Waals surface area contributed by atoms with Gasteiger partial charge in [0.1, 0.15) is 12.7 Å².